The van der Waals surface area contributed by atoms with Gasteiger partial charge in [0, 0.05) is 18.8 Å². The fraction of sp³-hybridized carbons (Fsp3) is 0.421. The second kappa shape index (κ2) is 9.88. The van der Waals surface area contributed by atoms with Crippen LogP contribution in [0, 0.1) is 11.3 Å². The number of nitrogens with two attached hydrogens (primary N) is 1. The Hall–Kier alpha value is -2.46. The maximum absolute atomic E-state index is 12.8. The van der Waals surface area contributed by atoms with Crippen LogP contribution in [0.15, 0.2) is 34.9 Å². The molecule has 7 heteroatoms. The summed E-state index contributed by atoms with van der Waals surface area (Å²) in [6.07, 6.45) is 3.91. The van der Waals surface area contributed by atoms with Crippen molar-refractivity contribution in [3.8, 4) is 6.07 Å². The third-order valence-electron chi connectivity index (χ3n) is 4.17. The maximum Gasteiger partial charge on any atom is 0.267 e. The molecule has 0 unspecified atom stereocenters. The number of amides is 2. The number of primary amides is 1. The summed E-state index contributed by atoms with van der Waals surface area (Å²) in [5.74, 6) is -0.802. The van der Waals surface area contributed by atoms with E-state index in [2.05, 4.69) is 12.2 Å². The molecule has 0 spiro atoms. The molecule has 0 aromatic heterocycles. The lowest BCUT2D eigenvalue weighted by Crippen LogP contribution is -2.37. The van der Waals surface area contributed by atoms with Crippen LogP contribution in [-0.4, -0.2) is 35.6 Å². The van der Waals surface area contributed by atoms with Gasteiger partial charge >= 0.3 is 0 Å². The first kappa shape index (κ1) is 19.9. The van der Waals surface area contributed by atoms with Crippen molar-refractivity contribution in [2.24, 2.45) is 5.73 Å². The Morgan fingerprint density at radius 2 is 1.88 bits per heavy atom. The number of piperidine rings is 1. The summed E-state index contributed by atoms with van der Waals surface area (Å²) in [7, 11) is 0. The van der Waals surface area contributed by atoms with Gasteiger partial charge in [-0.05, 0) is 43.4 Å². The predicted octanol–water partition coefficient (Wildman–Crippen LogP) is 2.63. The first-order valence-corrected chi connectivity index (χ1v) is 9.74. The van der Waals surface area contributed by atoms with Gasteiger partial charge in [0.2, 0.25) is 5.91 Å². The van der Waals surface area contributed by atoms with Gasteiger partial charge in [-0.1, -0.05) is 30.8 Å². The molecule has 1 heterocycles. The number of aryl methyl sites for hydroxylation is 1. The Labute approximate surface area is 158 Å². The minimum atomic E-state index is -0.502. The number of nitriles is 1. The molecule has 0 bridgehead atoms. The smallest absolute Gasteiger partial charge is 0.267 e. The van der Waals surface area contributed by atoms with Gasteiger partial charge in [0.15, 0.2) is 0 Å². The summed E-state index contributed by atoms with van der Waals surface area (Å²) < 4.78 is 0. The highest BCUT2D eigenvalue weighted by Gasteiger charge is 2.24. The molecule has 2 rings (SSSR count). The second-order valence-corrected chi connectivity index (χ2v) is 7.08. The zero-order valence-electron chi connectivity index (χ0n) is 15.0. The van der Waals surface area contributed by atoms with Crippen molar-refractivity contribution >= 4 is 29.3 Å². The summed E-state index contributed by atoms with van der Waals surface area (Å²) in [6, 6.07) is 9.77. The largest absolute Gasteiger partial charge is 0.369 e. The Morgan fingerprint density at radius 3 is 2.42 bits per heavy atom. The highest BCUT2D eigenvalue weighted by molar-refractivity contribution is 8.03. The number of nitrogens with one attached hydrogen (secondary N) is 1. The summed E-state index contributed by atoms with van der Waals surface area (Å²) in [4.78, 5) is 25.7. The first-order chi connectivity index (χ1) is 12.5. The van der Waals surface area contributed by atoms with E-state index in [1.807, 2.05) is 30.3 Å². The number of carbonyl (C=O) groups excluding carboxylic acids is 2. The van der Waals surface area contributed by atoms with Crippen molar-refractivity contribution in [3.63, 3.8) is 0 Å². The van der Waals surface area contributed by atoms with Crippen molar-refractivity contribution in [1.82, 2.24) is 4.90 Å². The Morgan fingerprint density at radius 1 is 1.23 bits per heavy atom. The molecule has 6 nitrogen and oxygen atoms in total. The van der Waals surface area contributed by atoms with Crippen molar-refractivity contribution in [2.45, 2.75) is 32.6 Å². The van der Waals surface area contributed by atoms with Gasteiger partial charge in [-0.2, -0.15) is 5.26 Å². The zero-order valence-corrected chi connectivity index (χ0v) is 15.8. The average molecular weight is 372 g/mol. The van der Waals surface area contributed by atoms with Gasteiger partial charge < -0.3 is 16.0 Å². The van der Waals surface area contributed by atoms with Gasteiger partial charge in [0.25, 0.3) is 5.91 Å². The molecule has 3 N–H and O–H groups in total. The first-order valence-electron chi connectivity index (χ1n) is 8.75. The fourth-order valence-corrected chi connectivity index (χ4v) is 3.47. The van der Waals surface area contributed by atoms with Crippen molar-refractivity contribution < 1.29 is 9.59 Å². The Bertz CT molecular complexity index is 716. The van der Waals surface area contributed by atoms with E-state index < -0.39 is 5.91 Å². The third kappa shape index (κ3) is 5.53. The summed E-state index contributed by atoms with van der Waals surface area (Å²) >= 11 is 1.08. The minimum absolute atomic E-state index is 0.00611. The third-order valence-corrected chi connectivity index (χ3v) is 5.20. The van der Waals surface area contributed by atoms with Crippen LogP contribution in [-0.2, 0) is 16.0 Å². The molecular weight excluding hydrogens is 348 g/mol. The van der Waals surface area contributed by atoms with Crippen molar-refractivity contribution in [2.75, 3.05) is 24.2 Å². The zero-order chi connectivity index (χ0) is 18.9. The van der Waals surface area contributed by atoms with Crippen LogP contribution in [0.3, 0.4) is 0 Å². The lowest BCUT2D eigenvalue weighted by Gasteiger charge is -2.27. The lowest BCUT2D eigenvalue weighted by molar-refractivity contribution is -0.127. The van der Waals surface area contributed by atoms with Crippen LogP contribution in [0.25, 0.3) is 0 Å². The van der Waals surface area contributed by atoms with E-state index in [0.717, 1.165) is 43.1 Å². The molecular formula is C19H24N4O2S. The molecule has 1 fully saturated rings. The molecule has 1 saturated heterocycles. The van der Waals surface area contributed by atoms with E-state index in [-0.39, 0.29) is 17.2 Å². The molecule has 1 aromatic rings. The summed E-state index contributed by atoms with van der Waals surface area (Å²) in [6.45, 7) is 3.38. The van der Waals surface area contributed by atoms with Gasteiger partial charge in [-0.25, -0.2) is 0 Å². The normalized spacial score (nSPS) is 15.0. The number of carbonyl (C=O) groups is 2. The van der Waals surface area contributed by atoms with E-state index in [9.17, 15) is 14.9 Å². The lowest BCUT2D eigenvalue weighted by atomic mass is 10.1. The van der Waals surface area contributed by atoms with Crippen molar-refractivity contribution in [3.05, 3.63) is 40.4 Å². The SMILES string of the molecule is CCc1ccc(NC(SCC(N)=O)=C(C#N)C(=O)N2CCCCC2)cc1. The molecule has 1 aliphatic heterocycles. The summed E-state index contributed by atoms with van der Waals surface area (Å²) in [5.41, 5.74) is 7.22. The molecule has 0 saturated carbocycles. The number of nitrogens with zero attached hydrogens (tertiary/aromatic N) is 2. The van der Waals surface area contributed by atoms with Crippen LogP contribution < -0.4 is 11.1 Å². The average Bonchev–Trinajstić information content (AvgIpc) is 2.67. The Balaban J connectivity index is 2.28. The highest BCUT2D eigenvalue weighted by atomic mass is 32.2. The van der Waals surface area contributed by atoms with Crippen LogP contribution in [0.1, 0.15) is 31.7 Å². The standard InChI is InChI=1S/C19H24N4O2S/c1-2-14-6-8-15(9-7-14)22-18(26-13-17(21)24)16(12-20)19(25)23-10-4-3-5-11-23/h6-9,22H,2-5,10-11,13H2,1H3,(H2,21,24). The molecule has 1 aliphatic rings. The molecule has 26 heavy (non-hydrogen) atoms. The monoisotopic (exact) mass is 372 g/mol. The van der Waals surface area contributed by atoms with E-state index in [1.165, 1.54) is 5.56 Å². The Kier molecular flexibility index (Phi) is 7.54. The molecule has 0 aliphatic carbocycles. The molecule has 138 valence electrons. The molecule has 1 aromatic carbocycles. The molecule has 0 atom stereocenters. The van der Waals surface area contributed by atoms with Gasteiger partial charge in [-0.15, -0.1) is 0 Å². The fourth-order valence-electron chi connectivity index (χ4n) is 2.72. The van der Waals surface area contributed by atoms with E-state index in [1.54, 1.807) is 4.90 Å². The van der Waals surface area contributed by atoms with E-state index >= 15 is 0 Å². The van der Waals surface area contributed by atoms with Gasteiger partial charge in [0.1, 0.15) is 11.6 Å². The second-order valence-electron chi connectivity index (χ2n) is 6.10. The number of thioether (sulfide) groups is 1. The van der Waals surface area contributed by atoms with Crippen molar-refractivity contribution in [1.29, 1.82) is 5.26 Å². The van der Waals surface area contributed by atoms with E-state index in [0.29, 0.717) is 18.1 Å². The van der Waals surface area contributed by atoms with E-state index in [4.69, 9.17) is 5.73 Å². The predicted molar refractivity (Wildman–Crippen MR) is 104 cm³/mol. The summed E-state index contributed by atoms with van der Waals surface area (Å²) in [5, 5.41) is 13.1. The van der Waals surface area contributed by atoms with Crippen LogP contribution in [0.4, 0.5) is 5.69 Å². The van der Waals surface area contributed by atoms with Crippen LogP contribution in [0.5, 0.6) is 0 Å². The maximum atomic E-state index is 12.8. The molecule has 2 amide bonds. The molecule has 0 radical (unpaired) electrons. The minimum Gasteiger partial charge on any atom is -0.369 e. The van der Waals surface area contributed by atoms with Gasteiger partial charge in [0.05, 0.1) is 10.8 Å². The highest BCUT2D eigenvalue weighted by Crippen LogP contribution is 2.25. The topological polar surface area (TPSA) is 99.2 Å². The van der Waals surface area contributed by atoms with Crippen LogP contribution in [0.2, 0.25) is 0 Å². The number of benzene rings is 1. The number of rotatable bonds is 7. The number of hydrogen-bond donors (Lipinski definition) is 2. The van der Waals surface area contributed by atoms with Crippen LogP contribution >= 0.6 is 11.8 Å². The number of hydrogen-bond acceptors (Lipinski definition) is 5. The van der Waals surface area contributed by atoms with Gasteiger partial charge in [-0.3, -0.25) is 9.59 Å². The number of anilines is 1. The number of likely N-dealkylation sites (tertiary alicyclic amines) is 1. The quantitative estimate of drug-likeness (QED) is 0.566.